The second-order valence-corrected chi connectivity index (χ2v) is 53.0. The first-order chi connectivity index (χ1) is 51.7. The van der Waals surface area contributed by atoms with Crippen molar-refractivity contribution in [2.75, 3.05) is 93.5 Å². The van der Waals surface area contributed by atoms with Gasteiger partial charge in [0.1, 0.15) is 36.6 Å². The van der Waals surface area contributed by atoms with E-state index in [0.717, 1.165) is 39.3 Å². The van der Waals surface area contributed by atoms with Gasteiger partial charge in [-0.15, -0.1) is 26.3 Å². The fraction of sp³-hybridized carbons (Fsp3) is 0.875. The SMILES string of the molecule is C.C.C=CCOC[C@H]1O[C@@H](O[C@H]2[C@H](C)[C@@H](OCCC[Si](O)(O)O)[C@H](C)O[C@@H]2COCCC[Si](O)(O)O)[C@H](OCC=C)[C@@H](C)[C@@H]1OC.C=CCOC[C@H]1O[C@@H](O[C@H]2[C@H](C)[C@@H](OCCC[Si](O[Si](C)(O)O)(O[Si](C)(O)O)O[Si](C)(O)O)[C@H](C)O[C@@H]2COCCC[Si](O[Si](C)(O)O)(O[Si](C)(O)O)O[Si](C)(O)O)[C@H](OCC=C)[C@@H](C)[C@@H]1OC.[OH-]. The molecule has 0 aliphatic carbocycles. The van der Waals surface area contributed by atoms with Crippen molar-refractivity contribution in [3.05, 3.63) is 50.6 Å². The van der Waals surface area contributed by atoms with Crippen molar-refractivity contribution in [3.8, 4) is 0 Å². The van der Waals surface area contributed by atoms with Gasteiger partial charge in [0.25, 0.3) is 0 Å². The smallest absolute Gasteiger partial charge is 0.492 e. The van der Waals surface area contributed by atoms with Gasteiger partial charge in [0.2, 0.25) is 0 Å². The topological polar surface area (TPSA) is 597 Å². The fourth-order valence-corrected chi connectivity index (χ4v) is 35.8. The molecule has 0 amide bonds. The third kappa shape index (κ3) is 43.8. The molecule has 4 aliphatic heterocycles. The maximum absolute atomic E-state index is 10.3. The van der Waals surface area contributed by atoms with Gasteiger partial charge in [0.15, 0.2) is 12.6 Å². The van der Waals surface area contributed by atoms with E-state index in [2.05, 4.69) is 26.3 Å². The van der Waals surface area contributed by atoms with Gasteiger partial charge in [-0.05, 0) is 39.5 Å². The molecule has 4 heterocycles. The van der Waals surface area contributed by atoms with Crippen LogP contribution in [0.25, 0.3) is 0 Å². The summed E-state index contributed by atoms with van der Waals surface area (Å²) in [4.78, 5) is 179. The first kappa shape index (κ1) is 114. The highest BCUT2D eigenvalue weighted by molar-refractivity contribution is 6.84. The lowest BCUT2D eigenvalue weighted by atomic mass is 9.87. The number of ether oxygens (including phenoxy) is 16. The van der Waals surface area contributed by atoms with Gasteiger partial charge in [-0.25, -0.2) is 0 Å². The van der Waals surface area contributed by atoms with Gasteiger partial charge in [0.05, 0.1) is 102 Å². The number of hydrogen-bond donors (Lipinski definition) is 18. The van der Waals surface area contributed by atoms with E-state index >= 15 is 0 Å². The highest BCUT2D eigenvalue weighted by Gasteiger charge is 2.59. The minimum Gasteiger partial charge on any atom is -0.870 e. The van der Waals surface area contributed by atoms with Crippen LogP contribution in [0.1, 0.15) is 82.1 Å². The Labute approximate surface area is 688 Å². The van der Waals surface area contributed by atoms with E-state index in [1.165, 1.54) is 0 Å². The summed E-state index contributed by atoms with van der Waals surface area (Å²) in [6.45, 7) is 33.4. The third-order valence-corrected chi connectivity index (χ3v) is 38.3. The van der Waals surface area contributed by atoms with Crippen molar-refractivity contribution < 1.29 is 192 Å². The average molecular weight is 1850 g/mol. The van der Waals surface area contributed by atoms with Crippen LogP contribution in [0.15, 0.2) is 50.6 Å². The van der Waals surface area contributed by atoms with Crippen molar-refractivity contribution in [3.63, 3.8) is 0 Å². The minimum atomic E-state index is -4.62. The van der Waals surface area contributed by atoms with Crippen LogP contribution in [-0.2, 0) is 100 Å². The normalized spacial score (nSPS) is 28.9. The summed E-state index contributed by atoms with van der Waals surface area (Å²) in [6.07, 6.45) is -3.32. The van der Waals surface area contributed by atoms with E-state index in [-0.39, 0.29) is 173 Å². The molecule has 20 atom stereocenters. The lowest BCUT2D eigenvalue weighted by Crippen LogP contribution is -2.64. The zero-order valence-electron chi connectivity index (χ0n) is 67.3. The molecule has 0 aromatic heterocycles. The molecule has 684 valence electrons. The molecule has 19 N–H and O–H groups in total. The molecule has 4 aliphatic rings. The number of methoxy groups -OCH3 is 2. The van der Waals surface area contributed by atoms with E-state index < -0.39 is 180 Å². The Hall–Kier alpha value is -0.511. The molecule has 0 spiro atoms. The molecule has 4 rings (SSSR count). The van der Waals surface area contributed by atoms with Crippen LogP contribution >= 0.6 is 0 Å². The monoisotopic (exact) mass is 1850 g/mol. The van der Waals surface area contributed by atoms with Crippen LogP contribution in [0.2, 0.25) is 63.5 Å². The molecule has 0 radical (unpaired) electrons. The minimum absolute atomic E-state index is 0. The molecule has 4 fully saturated rings. The number of rotatable bonds is 54. The highest BCUT2D eigenvalue weighted by Crippen LogP contribution is 2.40. The summed E-state index contributed by atoms with van der Waals surface area (Å²) in [5, 5.41) is 0. The van der Waals surface area contributed by atoms with E-state index in [0.29, 0.717) is 6.61 Å². The first-order valence-corrected chi connectivity index (χ1v) is 58.9. The van der Waals surface area contributed by atoms with Crippen molar-refractivity contribution in [2.45, 2.75) is 244 Å². The first-order valence-electron chi connectivity index (χ1n) is 37.1. The standard InChI is InChI=1S/C34H78O26Si8.C28H54O14Si2.2CH4.H2O/c1-13-17-48-23-28-31(47-6)26(4)33(50-18-14-2)34(53-28)54-32-25(3)30(51-20-16-22-68(58-64(10,41)42,59-65(11,43)44)60-66(12,45)46)27(5)52-29(32)24-49-19-15-21-67(55-61(7,35)36,56-62(8,37)38)57-63(9,39)40;1-7-11-36-17-22-25(35-6)20(4)27(38-12-8-2)28(41-22)42-26-19(3)24(39-14-10-16-44(32,33)34)21(5)40-23(26)18-37-13-9-15-43(29,30)31;;;/h13-14,25-46H,1-2,15-24H2,3-12H3;7-8,19-34H,1-2,9-18H2,3-6H3;2*1H4;1H2/p-1/t25-,26+,27+,28-,29-,30-,31+,32+,33-,34+;19-,20+,21+,22-,23-,24-,25+,26+,27-,28+;;;/m11.../s1. The second-order valence-electron chi connectivity index (χ2n) is 29.1. The Bertz CT molecular complexity index is 2560. The van der Waals surface area contributed by atoms with E-state index in [1.54, 1.807) is 45.4 Å². The Morgan fingerprint density at radius 2 is 0.565 bits per heavy atom. The number of hydrogen-bond acceptors (Lipinski definition) is 41. The van der Waals surface area contributed by atoms with Gasteiger partial charge >= 0.3 is 88.0 Å². The lowest BCUT2D eigenvalue weighted by molar-refractivity contribution is -0.337. The van der Waals surface area contributed by atoms with Crippen LogP contribution in [-0.4, -0.2) is 371 Å². The van der Waals surface area contributed by atoms with Crippen molar-refractivity contribution in [1.82, 2.24) is 0 Å². The van der Waals surface area contributed by atoms with E-state index in [1.807, 2.05) is 34.6 Å². The van der Waals surface area contributed by atoms with Gasteiger partial charge in [0, 0.05) is 128 Å². The Balaban J connectivity index is 0.00000240. The Morgan fingerprint density at radius 1 is 0.313 bits per heavy atom. The third-order valence-electron chi connectivity index (χ3n) is 17.6. The van der Waals surface area contributed by atoms with Crippen molar-refractivity contribution in [1.29, 1.82) is 0 Å². The molecular weight excluding hydrogens is 1710 g/mol. The maximum atomic E-state index is 10.3. The summed E-state index contributed by atoms with van der Waals surface area (Å²) < 4.78 is 131. The Kier molecular flexibility index (Phi) is 52.2. The molecule has 0 aromatic rings. The van der Waals surface area contributed by atoms with Crippen LogP contribution < -0.4 is 0 Å². The Morgan fingerprint density at radius 3 is 0.835 bits per heavy atom. The summed E-state index contributed by atoms with van der Waals surface area (Å²) in [5.74, 6) is -1.26. The molecule has 0 saturated carbocycles. The second kappa shape index (κ2) is 52.4. The van der Waals surface area contributed by atoms with Gasteiger partial charge < -0.3 is 192 Å². The van der Waals surface area contributed by atoms with Crippen molar-refractivity contribution in [2.24, 2.45) is 23.7 Å². The predicted octanol–water partition coefficient (Wildman–Crippen LogP) is -1.52. The average Bonchev–Trinajstić information content (AvgIpc) is 0.789. The molecule has 0 unspecified atom stereocenters. The van der Waals surface area contributed by atoms with E-state index in [9.17, 15) is 86.3 Å². The fourth-order valence-electron chi connectivity index (χ4n) is 13.6. The van der Waals surface area contributed by atoms with Gasteiger partial charge in [-0.2, -0.15) is 0 Å². The quantitative estimate of drug-likeness (QED) is 0.0187. The van der Waals surface area contributed by atoms with Gasteiger partial charge in [-0.1, -0.05) is 66.9 Å². The summed E-state index contributed by atoms with van der Waals surface area (Å²) in [6, 6.07) is -1.01. The predicted molar refractivity (Wildman–Crippen MR) is 429 cm³/mol. The largest absolute Gasteiger partial charge is 0.870 e. The van der Waals surface area contributed by atoms with Crippen LogP contribution in [0.3, 0.4) is 0 Å². The van der Waals surface area contributed by atoms with Gasteiger partial charge in [-0.3, -0.25) is 0 Å². The summed E-state index contributed by atoms with van der Waals surface area (Å²) in [5.41, 5.74) is 0. The maximum Gasteiger partial charge on any atom is 0.492 e. The summed E-state index contributed by atoms with van der Waals surface area (Å²) in [7, 11) is -41.6. The van der Waals surface area contributed by atoms with Crippen LogP contribution in [0.4, 0.5) is 0 Å². The molecule has 0 bridgehead atoms. The van der Waals surface area contributed by atoms with Crippen LogP contribution in [0, 0.1) is 23.7 Å². The molecule has 51 heteroatoms. The zero-order chi connectivity index (χ0) is 85.1. The summed E-state index contributed by atoms with van der Waals surface area (Å²) >= 11 is 0. The van der Waals surface area contributed by atoms with Crippen LogP contribution in [0.5, 0.6) is 0 Å². The molecule has 41 nitrogen and oxygen atoms in total. The zero-order valence-corrected chi connectivity index (χ0v) is 77.3. The lowest BCUT2D eigenvalue weighted by Gasteiger charge is -2.49. The van der Waals surface area contributed by atoms with E-state index in [4.69, 9.17) is 100 Å². The molecule has 0 aromatic carbocycles. The van der Waals surface area contributed by atoms with Crippen molar-refractivity contribution >= 4 is 88.0 Å². The molecular formula is C64H141O41Si10-. The highest BCUT2D eigenvalue weighted by atomic mass is 28.5. The molecule has 4 saturated heterocycles. The molecule has 115 heavy (non-hydrogen) atoms.